The van der Waals surface area contributed by atoms with Crippen molar-refractivity contribution in [3.05, 3.63) is 56.9 Å². The van der Waals surface area contributed by atoms with Crippen molar-refractivity contribution in [2.45, 2.75) is 0 Å². The van der Waals surface area contributed by atoms with Crippen molar-refractivity contribution >= 4 is 0 Å². The molecule has 4 nitrogen and oxygen atoms in total. The van der Waals surface area contributed by atoms with Crippen LogP contribution in [0.3, 0.4) is 0 Å². The van der Waals surface area contributed by atoms with Gasteiger partial charge in [0.05, 0.1) is 5.56 Å². The molecular formula is C10H6F2N2O2. The van der Waals surface area contributed by atoms with Gasteiger partial charge in [0.1, 0.15) is 11.6 Å². The van der Waals surface area contributed by atoms with E-state index in [4.69, 9.17) is 0 Å². The van der Waals surface area contributed by atoms with Crippen molar-refractivity contribution in [3.63, 3.8) is 0 Å². The molecule has 0 aliphatic heterocycles. The van der Waals surface area contributed by atoms with Crippen molar-refractivity contribution in [1.29, 1.82) is 0 Å². The Balaban J connectivity index is 2.72. The van der Waals surface area contributed by atoms with Gasteiger partial charge in [0, 0.05) is 11.8 Å². The highest BCUT2D eigenvalue weighted by Gasteiger charge is 2.10. The van der Waals surface area contributed by atoms with Crippen molar-refractivity contribution < 1.29 is 8.78 Å². The smallest absolute Gasteiger partial charge is 0.313 e. The summed E-state index contributed by atoms with van der Waals surface area (Å²) in [6.07, 6.45) is 1.04. The average Bonchev–Trinajstić information content (AvgIpc) is 2.22. The molecule has 0 amide bonds. The molecule has 2 rings (SSSR count). The van der Waals surface area contributed by atoms with E-state index >= 15 is 0 Å². The lowest BCUT2D eigenvalue weighted by Gasteiger charge is -2.01. The molecular weight excluding hydrogens is 218 g/mol. The summed E-state index contributed by atoms with van der Waals surface area (Å²) in [7, 11) is 0. The van der Waals surface area contributed by atoms with Crippen molar-refractivity contribution in [1.82, 2.24) is 9.97 Å². The summed E-state index contributed by atoms with van der Waals surface area (Å²) in [5, 5.41) is 0. The molecule has 0 aliphatic carbocycles. The minimum Gasteiger partial charge on any atom is -0.313 e. The molecule has 2 N–H and O–H groups in total. The SMILES string of the molecule is O=c1[nH]cc(-c2cc(F)ccc2F)c(=O)[nH]1. The highest BCUT2D eigenvalue weighted by Crippen LogP contribution is 2.19. The second-order valence-corrected chi connectivity index (χ2v) is 3.11. The minimum atomic E-state index is -0.770. The molecule has 0 saturated heterocycles. The first-order valence-electron chi connectivity index (χ1n) is 4.35. The van der Waals surface area contributed by atoms with Gasteiger partial charge in [-0.25, -0.2) is 13.6 Å². The Bertz CT molecular complexity index is 646. The number of hydrogen-bond acceptors (Lipinski definition) is 2. The number of halogens is 2. The third kappa shape index (κ3) is 1.77. The molecule has 0 aliphatic rings. The molecule has 1 aromatic heterocycles. The number of rotatable bonds is 1. The quantitative estimate of drug-likeness (QED) is 0.759. The van der Waals surface area contributed by atoms with Crippen LogP contribution < -0.4 is 11.2 Å². The zero-order chi connectivity index (χ0) is 11.7. The summed E-state index contributed by atoms with van der Waals surface area (Å²) < 4.78 is 26.2. The summed E-state index contributed by atoms with van der Waals surface area (Å²) >= 11 is 0. The maximum Gasteiger partial charge on any atom is 0.325 e. The monoisotopic (exact) mass is 224 g/mol. The van der Waals surface area contributed by atoms with Crippen molar-refractivity contribution in [3.8, 4) is 11.1 Å². The summed E-state index contributed by atoms with van der Waals surface area (Å²) in [5.41, 5.74) is -1.80. The third-order valence-corrected chi connectivity index (χ3v) is 2.04. The fraction of sp³-hybridized carbons (Fsp3) is 0. The Morgan fingerprint density at radius 3 is 2.50 bits per heavy atom. The summed E-state index contributed by atoms with van der Waals surface area (Å²) in [4.78, 5) is 26.2. The fourth-order valence-electron chi connectivity index (χ4n) is 1.31. The van der Waals surface area contributed by atoms with Crippen molar-refractivity contribution in [2.24, 2.45) is 0 Å². The van der Waals surface area contributed by atoms with Crippen LogP contribution in [0.25, 0.3) is 11.1 Å². The molecule has 0 saturated carbocycles. The van der Waals surface area contributed by atoms with Crippen LogP contribution in [0.5, 0.6) is 0 Å². The Kier molecular flexibility index (Phi) is 2.40. The highest BCUT2D eigenvalue weighted by molar-refractivity contribution is 5.61. The average molecular weight is 224 g/mol. The van der Waals surface area contributed by atoms with Crippen LogP contribution in [0.4, 0.5) is 8.78 Å². The number of aromatic nitrogens is 2. The van der Waals surface area contributed by atoms with Gasteiger partial charge in [-0.1, -0.05) is 0 Å². The van der Waals surface area contributed by atoms with Crippen LogP contribution in [0.1, 0.15) is 0 Å². The van der Waals surface area contributed by atoms with Gasteiger partial charge in [-0.15, -0.1) is 0 Å². The maximum atomic E-state index is 13.3. The predicted octanol–water partition coefficient (Wildman–Crippen LogP) is 1.01. The van der Waals surface area contributed by atoms with Gasteiger partial charge in [-0.05, 0) is 18.2 Å². The number of H-pyrrole nitrogens is 2. The highest BCUT2D eigenvalue weighted by atomic mass is 19.1. The van der Waals surface area contributed by atoms with E-state index in [0.29, 0.717) is 0 Å². The Hall–Kier alpha value is -2.24. The topological polar surface area (TPSA) is 65.7 Å². The van der Waals surface area contributed by atoms with E-state index < -0.39 is 22.9 Å². The normalized spacial score (nSPS) is 10.4. The zero-order valence-electron chi connectivity index (χ0n) is 7.88. The van der Waals surface area contributed by atoms with Gasteiger partial charge in [0.2, 0.25) is 0 Å². The van der Waals surface area contributed by atoms with Crippen LogP contribution in [0.2, 0.25) is 0 Å². The fourth-order valence-corrected chi connectivity index (χ4v) is 1.31. The zero-order valence-corrected chi connectivity index (χ0v) is 7.88. The maximum absolute atomic E-state index is 13.3. The van der Waals surface area contributed by atoms with Gasteiger partial charge in [-0.2, -0.15) is 0 Å². The molecule has 0 radical (unpaired) electrons. The molecule has 0 spiro atoms. The largest absolute Gasteiger partial charge is 0.325 e. The van der Waals surface area contributed by atoms with E-state index in [1.54, 1.807) is 0 Å². The minimum absolute atomic E-state index is 0.128. The van der Waals surface area contributed by atoms with Crippen LogP contribution in [0, 0.1) is 11.6 Å². The van der Waals surface area contributed by atoms with Crippen LogP contribution in [-0.2, 0) is 0 Å². The van der Waals surface area contributed by atoms with E-state index in [9.17, 15) is 18.4 Å². The van der Waals surface area contributed by atoms with Crippen LogP contribution in [0.15, 0.2) is 34.0 Å². The van der Waals surface area contributed by atoms with E-state index in [1.807, 2.05) is 4.98 Å². The van der Waals surface area contributed by atoms with Crippen LogP contribution in [-0.4, -0.2) is 9.97 Å². The number of benzene rings is 1. The Morgan fingerprint density at radius 1 is 1.06 bits per heavy atom. The van der Waals surface area contributed by atoms with Crippen LogP contribution >= 0.6 is 0 Å². The molecule has 0 atom stereocenters. The summed E-state index contributed by atoms with van der Waals surface area (Å²) in [6, 6.07) is 2.74. The molecule has 0 bridgehead atoms. The lowest BCUT2D eigenvalue weighted by Crippen LogP contribution is -2.22. The van der Waals surface area contributed by atoms with E-state index in [0.717, 1.165) is 24.4 Å². The molecule has 1 aromatic carbocycles. The van der Waals surface area contributed by atoms with Gasteiger partial charge in [-0.3, -0.25) is 9.78 Å². The molecule has 82 valence electrons. The third-order valence-electron chi connectivity index (χ3n) is 2.04. The second-order valence-electron chi connectivity index (χ2n) is 3.11. The van der Waals surface area contributed by atoms with Gasteiger partial charge >= 0.3 is 5.69 Å². The summed E-state index contributed by atoms with van der Waals surface area (Å²) in [6.45, 7) is 0. The standard InChI is InChI=1S/C10H6F2N2O2/c11-5-1-2-8(12)6(3-5)7-4-13-10(16)14-9(7)15/h1-4H,(H2,13,14,15,16). The molecule has 1 heterocycles. The first-order chi connectivity index (χ1) is 7.58. The molecule has 6 heteroatoms. The number of nitrogens with one attached hydrogen (secondary N) is 2. The molecule has 0 unspecified atom stereocenters. The first kappa shape index (κ1) is 10.3. The number of hydrogen-bond donors (Lipinski definition) is 2. The molecule has 0 fully saturated rings. The van der Waals surface area contributed by atoms with Crippen molar-refractivity contribution in [2.75, 3.05) is 0 Å². The van der Waals surface area contributed by atoms with Gasteiger partial charge < -0.3 is 4.98 Å². The predicted molar refractivity (Wildman–Crippen MR) is 53.0 cm³/mol. The number of aromatic amines is 2. The summed E-state index contributed by atoms with van der Waals surface area (Å²) in [5.74, 6) is -1.40. The van der Waals surface area contributed by atoms with E-state index in [2.05, 4.69) is 4.98 Å². The Labute approximate surface area is 87.6 Å². The van der Waals surface area contributed by atoms with E-state index in [-0.39, 0.29) is 11.1 Å². The van der Waals surface area contributed by atoms with Gasteiger partial charge in [0.25, 0.3) is 5.56 Å². The lowest BCUT2D eigenvalue weighted by molar-refractivity contribution is 0.603. The Morgan fingerprint density at radius 2 is 1.81 bits per heavy atom. The molecule has 2 aromatic rings. The first-order valence-corrected chi connectivity index (χ1v) is 4.35. The van der Waals surface area contributed by atoms with Gasteiger partial charge in [0.15, 0.2) is 0 Å². The lowest BCUT2D eigenvalue weighted by atomic mass is 10.1. The van der Waals surface area contributed by atoms with E-state index in [1.165, 1.54) is 0 Å². The molecule has 16 heavy (non-hydrogen) atoms. The second kappa shape index (κ2) is 3.73.